The molecular formula is C24H23FN4OS. The third-order valence-electron chi connectivity index (χ3n) is 5.85. The van der Waals surface area contributed by atoms with Crippen LogP contribution in [0.3, 0.4) is 0 Å². The zero-order valence-electron chi connectivity index (χ0n) is 17.2. The lowest BCUT2D eigenvalue weighted by Crippen LogP contribution is -2.30. The molecule has 0 spiro atoms. The van der Waals surface area contributed by atoms with Gasteiger partial charge in [0, 0.05) is 18.0 Å². The molecule has 5 nitrogen and oxygen atoms in total. The quantitative estimate of drug-likeness (QED) is 0.532. The molecule has 1 fully saturated rings. The van der Waals surface area contributed by atoms with Crippen molar-refractivity contribution in [1.82, 2.24) is 0 Å². The summed E-state index contributed by atoms with van der Waals surface area (Å²) in [6, 6.07) is 8.90. The maximum absolute atomic E-state index is 14.7. The van der Waals surface area contributed by atoms with E-state index >= 15 is 0 Å². The first-order valence-electron chi connectivity index (χ1n) is 10.6. The molecule has 0 atom stereocenters. The Morgan fingerprint density at radius 3 is 2.61 bits per heavy atom. The molecule has 1 saturated heterocycles. The molecule has 4 rings (SSSR count). The SMILES string of the molecule is N#C/C(=C\c1ccc(N2CCCCC2)c(F)c1)C(=O)Nc1sc2c(c1C#N)CCCC2. The molecule has 1 N–H and O–H groups in total. The normalized spacial score (nSPS) is 16.2. The Bertz CT molecular complexity index is 1120. The van der Waals surface area contributed by atoms with E-state index in [1.165, 1.54) is 29.9 Å². The van der Waals surface area contributed by atoms with Gasteiger partial charge in [-0.25, -0.2) is 4.39 Å². The Kier molecular flexibility index (Phi) is 6.34. The van der Waals surface area contributed by atoms with Crippen molar-refractivity contribution >= 4 is 34.0 Å². The second kappa shape index (κ2) is 9.32. The number of thiophene rings is 1. The molecule has 1 aliphatic carbocycles. The fourth-order valence-electron chi connectivity index (χ4n) is 4.26. The van der Waals surface area contributed by atoms with Gasteiger partial charge < -0.3 is 10.2 Å². The van der Waals surface area contributed by atoms with Crippen molar-refractivity contribution in [3.63, 3.8) is 0 Å². The molecule has 0 bridgehead atoms. The molecule has 1 aliphatic heterocycles. The molecule has 0 unspecified atom stereocenters. The molecule has 31 heavy (non-hydrogen) atoms. The molecule has 2 aromatic rings. The maximum atomic E-state index is 14.7. The minimum atomic E-state index is -0.585. The van der Waals surface area contributed by atoms with Crippen LogP contribution >= 0.6 is 11.3 Å². The monoisotopic (exact) mass is 434 g/mol. The number of rotatable bonds is 4. The van der Waals surface area contributed by atoms with Gasteiger partial charge in [-0.1, -0.05) is 6.07 Å². The number of hydrogen-bond acceptors (Lipinski definition) is 5. The number of hydrogen-bond donors (Lipinski definition) is 1. The number of fused-ring (bicyclic) bond motifs is 1. The number of carbonyl (C=O) groups is 1. The van der Waals surface area contributed by atoms with E-state index in [0.29, 0.717) is 21.8 Å². The van der Waals surface area contributed by atoms with E-state index in [9.17, 15) is 19.7 Å². The molecule has 7 heteroatoms. The predicted octanol–water partition coefficient (Wildman–Crippen LogP) is 5.17. The Hall–Kier alpha value is -3.16. The summed E-state index contributed by atoms with van der Waals surface area (Å²) in [6.45, 7) is 1.67. The van der Waals surface area contributed by atoms with Crippen molar-refractivity contribution in [1.29, 1.82) is 10.5 Å². The van der Waals surface area contributed by atoms with Crippen LogP contribution in [0, 0.1) is 28.5 Å². The molecule has 0 saturated carbocycles. The number of halogens is 1. The van der Waals surface area contributed by atoms with Crippen LogP contribution < -0.4 is 10.2 Å². The first-order chi connectivity index (χ1) is 15.1. The van der Waals surface area contributed by atoms with E-state index in [0.717, 1.165) is 62.1 Å². The van der Waals surface area contributed by atoms with Gasteiger partial charge in [-0.15, -0.1) is 11.3 Å². The van der Waals surface area contributed by atoms with Crippen molar-refractivity contribution < 1.29 is 9.18 Å². The Labute approximate surface area is 185 Å². The average Bonchev–Trinajstić information content (AvgIpc) is 3.14. The highest BCUT2D eigenvalue weighted by Crippen LogP contribution is 2.37. The minimum absolute atomic E-state index is 0.125. The molecule has 1 aromatic carbocycles. The zero-order chi connectivity index (χ0) is 21.8. The Balaban J connectivity index is 1.54. The summed E-state index contributed by atoms with van der Waals surface area (Å²) in [5, 5.41) is 22.3. The van der Waals surface area contributed by atoms with E-state index in [-0.39, 0.29) is 11.4 Å². The summed E-state index contributed by atoms with van der Waals surface area (Å²) in [6.07, 6.45) is 8.52. The van der Waals surface area contributed by atoms with Crippen molar-refractivity contribution in [3.05, 3.63) is 51.2 Å². The van der Waals surface area contributed by atoms with Crippen LogP contribution in [0.4, 0.5) is 15.1 Å². The lowest BCUT2D eigenvalue weighted by Gasteiger charge is -2.29. The van der Waals surface area contributed by atoms with E-state index in [1.807, 2.05) is 11.0 Å². The third-order valence-corrected chi connectivity index (χ3v) is 7.06. The molecule has 0 radical (unpaired) electrons. The van der Waals surface area contributed by atoms with Gasteiger partial charge in [-0.2, -0.15) is 10.5 Å². The Morgan fingerprint density at radius 2 is 1.90 bits per heavy atom. The smallest absolute Gasteiger partial charge is 0.266 e. The van der Waals surface area contributed by atoms with E-state index in [4.69, 9.17) is 0 Å². The van der Waals surface area contributed by atoms with Gasteiger partial charge in [-0.3, -0.25) is 4.79 Å². The molecule has 2 aliphatic rings. The Morgan fingerprint density at radius 1 is 1.13 bits per heavy atom. The van der Waals surface area contributed by atoms with Gasteiger partial charge in [-0.05, 0) is 74.3 Å². The number of carbonyl (C=O) groups excluding carboxylic acids is 1. The van der Waals surface area contributed by atoms with Gasteiger partial charge in [0.15, 0.2) is 0 Å². The number of benzene rings is 1. The molecule has 1 aromatic heterocycles. The summed E-state index contributed by atoms with van der Waals surface area (Å²) >= 11 is 1.41. The van der Waals surface area contributed by atoms with E-state index < -0.39 is 5.91 Å². The first-order valence-corrected chi connectivity index (χ1v) is 11.4. The van der Waals surface area contributed by atoms with Crippen molar-refractivity contribution in [2.24, 2.45) is 0 Å². The highest BCUT2D eigenvalue weighted by Gasteiger charge is 2.23. The molecular weight excluding hydrogens is 411 g/mol. The largest absolute Gasteiger partial charge is 0.369 e. The van der Waals surface area contributed by atoms with Gasteiger partial charge in [0.1, 0.15) is 28.5 Å². The molecule has 2 heterocycles. The highest BCUT2D eigenvalue weighted by molar-refractivity contribution is 7.16. The fourth-order valence-corrected chi connectivity index (χ4v) is 5.50. The van der Waals surface area contributed by atoms with Crippen LogP contribution in [-0.4, -0.2) is 19.0 Å². The van der Waals surface area contributed by atoms with Crippen molar-refractivity contribution in [2.45, 2.75) is 44.9 Å². The number of nitrogens with one attached hydrogen (secondary N) is 1. The van der Waals surface area contributed by atoms with Crippen LogP contribution in [-0.2, 0) is 17.6 Å². The maximum Gasteiger partial charge on any atom is 0.266 e. The standard InChI is InChI=1S/C24H23FN4OS/c25-20-13-16(8-9-21(20)29-10-4-1-5-11-29)12-17(14-26)23(30)28-24-19(15-27)18-6-2-3-7-22(18)31-24/h8-9,12-13H,1-7,10-11H2,(H,28,30)/b17-12+. The molecule has 158 valence electrons. The highest BCUT2D eigenvalue weighted by atomic mass is 32.1. The van der Waals surface area contributed by atoms with E-state index in [1.54, 1.807) is 12.1 Å². The van der Waals surface area contributed by atoms with Gasteiger partial charge in [0.2, 0.25) is 0 Å². The van der Waals surface area contributed by atoms with Crippen LogP contribution in [0.25, 0.3) is 6.08 Å². The second-order valence-electron chi connectivity index (χ2n) is 7.91. The summed E-state index contributed by atoms with van der Waals surface area (Å²) in [5.74, 6) is -0.941. The van der Waals surface area contributed by atoms with Gasteiger partial charge >= 0.3 is 0 Å². The average molecular weight is 435 g/mol. The van der Waals surface area contributed by atoms with Gasteiger partial charge in [0.25, 0.3) is 5.91 Å². The number of aryl methyl sites for hydroxylation is 1. The number of amides is 1. The number of piperidine rings is 1. The summed E-state index contributed by atoms with van der Waals surface area (Å²) in [4.78, 5) is 15.9. The zero-order valence-corrected chi connectivity index (χ0v) is 18.0. The van der Waals surface area contributed by atoms with Crippen molar-refractivity contribution in [3.8, 4) is 12.1 Å². The van der Waals surface area contributed by atoms with E-state index in [2.05, 4.69) is 11.4 Å². The minimum Gasteiger partial charge on any atom is -0.369 e. The number of nitrogens with zero attached hydrogens (tertiary/aromatic N) is 3. The lowest BCUT2D eigenvalue weighted by atomic mass is 9.96. The summed E-state index contributed by atoms with van der Waals surface area (Å²) in [5.41, 5.74) is 2.41. The summed E-state index contributed by atoms with van der Waals surface area (Å²) in [7, 11) is 0. The third kappa shape index (κ3) is 4.47. The number of nitriles is 2. The van der Waals surface area contributed by atoms with Crippen molar-refractivity contribution in [2.75, 3.05) is 23.3 Å². The van der Waals surface area contributed by atoms with Crippen LogP contribution in [0.15, 0.2) is 23.8 Å². The number of anilines is 2. The summed E-state index contributed by atoms with van der Waals surface area (Å²) < 4.78 is 14.7. The lowest BCUT2D eigenvalue weighted by molar-refractivity contribution is -0.112. The fraction of sp³-hybridized carbons (Fsp3) is 0.375. The topological polar surface area (TPSA) is 79.9 Å². The first kappa shape index (κ1) is 21.1. The van der Waals surface area contributed by atoms with Gasteiger partial charge in [0.05, 0.1) is 11.3 Å². The van der Waals surface area contributed by atoms with Crippen LogP contribution in [0.2, 0.25) is 0 Å². The molecule has 1 amide bonds. The predicted molar refractivity (Wildman–Crippen MR) is 120 cm³/mol. The van der Waals surface area contributed by atoms with Crippen LogP contribution in [0.1, 0.15) is 53.7 Å². The van der Waals surface area contributed by atoms with Crippen LogP contribution in [0.5, 0.6) is 0 Å². The second-order valence-corrected chi connectivity index (χ2v) is 9.01.